The minimum absolute atomic E-state index is 0.277. The van der Waals surface area contributed by atoms with Crippen LogP contribution in [0.5, 0.6) is 0 Å². The van der Waals surface area contributed by atoms with Crippen LogP contribution in [0.2, 0.25) is 0 Å². The van der Waals surface area contributed by atoms with Gasteiger partial charge >= 0.3 is 0 Å². The maximum atomic E-state index is 11.9. The lowest BCUT2D eigenvalue weighted by Gasteiger charge is -2.11. The number of carbonyl (C=O) groups excluding carboxylic acids is 1. The van der Waals surface area contributed by atoms with Gasteiger partial charge in [-0.2, -0.15) is 0 Å². The van der Waals surface area contributed by atoms with E-state index in [0.29, 0.717) is 18.6 Å². The Kier molecular flexibility index (Phi) is 5.36. The van der Waals surface area contributed by atoms with Crippen molar-refractivity contribution in [3.63, 3.8) is 0 Å². The molecular formula is C15H23NO. The molecule has 17 heavy (non-hydrogen) atoms. The number of hydrogen-bond donors (Lipinski definition) is 1. The van der Waals surface area contributed by atoms with Crippen molar-refractivity contribution in [3.8, 4) is 0 Å². The van der Waals surface area contributed by atoms with Crippen molar-refractivity contribution in [1.29, 1.82) is 0 Å². The van der Waals surface area contributed by atoms with Crippen LogP contribution in [0.15, 0.2) is 18.2 Å². The molecule has 0 bridgehead atoms. The van der Waals surface area contributed by atoms with Crippen molar-refractivity contribution in [2.75, 3.05) is 6.54 Å². The molecule has 94 valence electrons. The Hall–Kier alpha value is -1.15. The van der Waals surface area contributed by atoms with Crippen LogP contribution in [0.3, 0.4) is 0 Å². The molecule has 0 amide bonds. The minimum atomic E-state index is 0.277. The van der Waals surface area contributed by atoms with Gasteiger partial charge in [-0.1, -0.05) is 25.1 Å². The Labute approximate surface area is 104 Å². The summed E-state index contributed by atoms with van der Waals surface area (Å²) >= 11 is 0. The highest BCUT2D eigenvalue weighted by Gasteiger charge is 2.09. The zero-order valence-electron chi connectivity index (χ0n) is 11.3. The van der Waals surface area contributed by atoms with Crippen molar-refractivity contribution in [1.82, 2.24) is 5.32 Å². The Morgan fingerprint density at radius 3 is 2.59 bits per heavy atom. The molecule has 0 fully saturated rings. The van der Waals surface area contributed by atoms with Crippen molar-refractivity contribution in [2.45, 2.75) is 46.6 Å². The van der Waals surface area contributed by atoms with Crippen molar-refractivity contribution < 1.29 is 4.79 Å². The molecule has 0 aliphatic carbocycles. The number of carbonyl (C=O) groups is 1. The molecule has 0 saturated heterocycles. The lowest BCUT2D eigenvalue weighted by Crippen LogP contribution is -2.28. The quantitative estimate of drug-likeness (QED) is 0.818. The fraction of sp³-hybridized carbons (Fsp3) is 0.533. The maximum absolute atomic E-state index is 11.9. The van der Waals surface area contributed by atoms with Crippen LogP contribution in [0, 0.1) is 13.8 Å². The highest BCUT2D eigenvalue weighted by Crippen LogP contribution is 2.11. The minimum Gasteiger partial charge on any atom is -0.314 e. The third-order valence-electron chi connectivity index (χ3n) is 3.06. The fourth-order valence-corrected chi connectivity index (χ4v) is 1.98. The summed E-state index contributed by atoms with van der Waals surface area (Å²) in [7, 11) is 0. The second kappa shape index (κ2) is 6.55. The average molecular weight is 233 g/mol. The molecule has 0 heterocycles. The van der Waals surface area contributed by atoms with Gasteiger partial charge in [-0.3, -0.25) is 4.79 Å². The Bertz CT molecular complexity index is 385. The van der Waals surface area contributed by atoms with E-state index in [0.717, 1.165) is 12.1 Å². The van der Waals surface area contributed by atoms with E-state index in [-0.39, 0.29) is 6.04 Å². The van der Waals surface area contributed by atoms with Crippen LogP contribution < -0.4 is 5.32 Å². The third-order valence-corrected chi connectivity index (χ3v) is 3.06. The number of rotatable bonds is 6. The molecule has 1 N–H and O–H groups in total. The number of aryl methyl sites for hydroxylation is 2. The first kappa shape index (κ1) is 13.9. The molecule has 1 rings (SSSR count). The number of benzene rings is 1. The van der Waals surface area contributed by atoms with Gasteiger partial charge < -0.3 is 5.32 Å². The van der Waals surface area contributed by atoms with E-state index in [9.17, 15) is 4.79 Å². The molecule has 2 nitrogen and oxygen atoms in total. The molecule has 0 saturated carbocycles. The molecule has 0 spiro atoms. The van der Waals surface area contributed by atoms with E-state index < -0.39 is 0 Å². The summed E-state index contributed by atoms with van der Waals surface area (Å²) in [5.74, 6) is 0.307. The highest BCUT2D eigenvalue weighted by molar-refractivity contribution is 5.81. The summed E-state index contributed by atoms with van der Waals surface area (Å²) in [6.07, 6.45) is 1.16. The molecule has 2 heteroatoms. The van der Waals surface area contributed by atoms with Gasteiger partial charge in [0.25, 0.3) is 0 Å². The van der Waals surface area contributed by atoms with Gasteiger partial charge in [-0.05, 0) is 44.0 Å². The Balaban J connectivity index is 2.53. The van der Waals surface area contributed by atoms with E-state index >= 15 is 0 Å². The monoisotopic (exact) mass is 233 g/mol. The summed E-state index contributed by atoms with van der Waals surface area (Å²) in [4.78, 5) is 11.9. The molecule has 1 aromatic rings. The van der Waals surface area contributed by atoms with E-state index in [1.165, 1.54) is 11.1 Å². The van der Waals surface area contributed by atoms with Gasteiger partial charge in [-0.25, -0.2) is 0 Å². The average Bonchev–Trinajstić information content (AvgIpc) is 2.23. The molecule has 1 unspecified atom stereocenters. The summed E-state index contributed by atoms with van der Waals surface area (Å²) in [6.45, 7) is 9.21. The lowest BCUT2D eigenvalue weighted by atomic mass is 10.0. The zero-order chi connectivity index (χ0) is 12.8. The predicted molar refractivity (Wildman–Crippen MR) is 72.4 cm³/mol. The Morgan fingerprint density at radius 1 is 1.29 bits per heavy atom. The van der Waals surface area contributed by atoms with Crippen molar-refractivity contribution in [2.24, 2.45) is 0 Å². The SMILES string of the molecule is CCNC(C)CC(=O)Cc1ccc(C)c(C)c1. The largest absolute Gasteiger partial charge is 0.314 e. The molecular weight excluding hydrogens is 210 g/mol. The fourth-order valence-electron chi connectivity index (χ4n) is 1.98. The third kappa shape index (κ3) is 4.70. The zero-order valence-corrected chi connectivity index (χ0v) is 11.3. The van der Waals surface area contributed by atoms with Gasteiger partial charge in [-0.15, -0.1) is 0 Å². The number of hydrogen-bond acceptors (Lipinski definition) is 2. The molecule has 1 atom stereocenters. The highest BCUT2D eigenvalue weighted by atomic mass is 16.1. The van der Waals surface area contributed by atoms with E-state index in [2.05, 4.69) is 51.2 Å². The van der Waals surface area contributed by atoms with E-state index in [1.54, 1.807) is 0 Å². The molecule has 0 radical (unpaired) electrons. The first-order valence-electron chi connectivity index (χ1n) is 6.34. The normalized spacial score (nSPS) is 12.5. The Morgan fingerprint density at radius 2 is 2.00 bits per heavy atom. The first-order chi connectivity index (χ1) is 8.02. The topological polar surface area (TPSA) is 29.1 Å². The molecule has 1 aromatic carbocycles. The number of nitrogens with one attached hydrogen (secondary N) is 1. The van der Waals surface area contributed by atoms with Crippen molar-refractivity contribution in [3.05, 3.63) is 34.9 Å². The molecule has 0 aromatic heterocycles. The summed E-state index contributed by atoms with van der Waals surface area (Å²) in [6, 6.07) is 6.54. The maximum Gasteiger partial charge on any atom is 0.138 e. The second-order valence-electron chi connectivity index (χ2n) is 4.80. The van der Waals surface area contributed by atoms with Gasteiger partial charge in [0.2, 0.25) is 0 Å². The summed E-state index contributed by atoms with van der Waals surface area (Å²) in [5.41, 5.74) is 3.67. The van der Waals surface area contributed by atoms with Gasteiger partial charge in [0.15, 0.2) is 0 Å². The smallest absolute Gasteiger partial charge is 0.138 e. The number of Topliss-reactive ketones (excluding diaryl/α,β-unsaturated/α-hetero) is 1. The first-order valence-corrected chi connectivity index (χ1v) is 6.34. The van der Waals surface area contributed by atoms with Crippen LogP contribution in [-0.2, 0) is 11.2 Å². The lowest BCUT2D eigenvalue weighted by molar-refractivity contribution is -0.118. The van der Waals surface area contributed by atoms with Gasteiger partial charge in [0, 0.05) is 18.9 Å². The second-order valence-corrected chi connectivity index (χ2v) is 4.80. The predicted octanol–water partition coefficient (Wildman–Crippen LogP) is 2.80. The van der Waals surface area contributed by atoms with Gasteiger partial charge in [0.1, 0.15) is 5.78 Å². The van der Waals surface area contributed by atoms with Crippen molar-refractivity contribution >= 4 is 5.78 Å². The van der Waals surface area contributed by atoms with E-state index in [4.69, 9.17) is 0 Å². The van der Waals surface area contributed by atoms with Crippen LogP contribution in [0.4, 0.5) is 0 Å². The standard InChI is InChI=1S/C15H23NO/c1-5-16-13(4)9-15(17)10-14-7-6-11(2)12(3)8-14/h6-8,13,16H,5,9-10H2,1-4H3. The van der Waals surface area contributed by atoms with Crippen LogP contribution >= 0.6 is 0 Å². The molecule has 0 aliphatic rings. The van der Waals surface area contributed by atoms with Crippen LogP contribution in [0.1, 0.15) is 37.0 Å². The van der Waals surface area contributed by atoms with E-state index in [1.807, 2.05) is 0 Å². The summed E-state index contributed by atoms with van der Waals surface area (Å²) < 4.78 is 0. The summed E-state index contributed by atoms with van der Waals surface area (Å²) in [5, 5.41) is 3.26. The van der Waals surface area contributed by atoms with Gasteiger partial charge in [0.05, 0.1) is 0 Å². The molecule has 0 aliphatic heterocycles. The van der Waals surface area contributed by atoms with Crippen LogP contribution in [-0.4, -0.2) is 18.4 Å². The van der Waals surface area contributed by atoms with Crippen LogP contribution in [0.25, 0.3) is 0 Å². The number of ketones is 1.